The highest BCUT2D eigenvalue weighted by molar-refractivity contribution is 5.95. The van der Waals surface area contributed by atoms with Crippen LogP contribution < -0.4 is 9.80 Å². The first kappa shape index (κ1) is 42.5. The van der Waals surface area contributed by atoms with Gasteiger partial charge in [-0.15, -0.1) is 0 Å². The van der Waals surface area contributed by atoms with Crippen LogP contribution in [0.5, 0.6) is 0 Å². The van der Waals surface area contributed by atoms with Crippen LogP contribution in [0, 0.1) is 11.3 Å². The van der Waals surface area contributed by atoms with Gasteiger partial charge in [-0.25, -0.2) is 0 Å². The Morgan fingerprint density at radius 3 is 1.55 bits per heavy atom. The number of nitrogens with zero attached hydrogens (tertiary/aromatic N) is 2. The lowest BCUT2D eigenvalue weighted by molar-refractivity contribution is 0.137. The third-order valence-corrected chi connectivity index (χ3v) is 15.4. The molecule has 2 aliphatic carbocycles. The summed E-state index contributed by atoms with van der Waals surface area (Å²) in [6.45, 7) is 12.1. The minimum atomic E-state index is -0.171. The summed E-state index contributed by atoms with van der Waals surface area (Å²) in [5.74, 6) is 0.598. The van der Waals surface area contributed by atoms with E-state index >= 15 is 0 Å². The van der Waals surface area contributed by atoms with Crippen LogP contribution in [-0.4, -0.2) is 0 Å². The Labute approximate surface area is 398 Å². The molecule has 0 aromatic heterocycles. The van der Waals surface area contributed by atoms with Crippen LogP contribution in [-0.2, 0) is 10.8 Å². The summed E-state index contributed by atoms with van der Waals surface area (Å²) in [4.78, 5) is 4.85. The molecule has 0 spiro atoms. The van der Waals surface area contributed by atoms with Gasteiger partial charge < -0.3 is 9.80 Å². The SMILES string of the molecule is CC1(C)c2cc(N(c3ccc(C4(c5ccc(N(c6ccccc6)c6ccccc6)cc5)CCCC(C(C)(C)C)C4)cc3)c3ccc4ccccc4c3)ccc2-c2c(-c3ccccc3)cccc21. The molecule has 0 amide bonds. The van der Waals surface area contributed by atoms with Crippen molar-refractivity contribution in [3.63, 3.8) is 0 Å². The van der Waals surface area contributed by atoms with Crippen LogP contribution in [0.4, 0.5) is 34.1 Å². The Morgan fingerprint density at radius 1 is 0.433 bits per heavy atom. The van der Waals surface area contributed by atoms with E-state index in [4.69, 9.17) is 0 Å². The molecule has 1 fully saturated rings. The number of hydrogen-bond donors (Lipinski definition) is 0. The van der Waals surface area contributed by atoms with E-state index in [1.807, 2.05) is 0 Å². The van der Waals surface area contributed by atoms with E-state index in [-0.39, 0.29) is 16.2 Å². The monoisotopic (exact) mass is 868 g/mol. The maximum atomic E-state index is 2.48. The standard InChI is InChI=1S/C65H60N2/c1-63(2,3)51-23-18-42-65(45-51,49-31-36-54(37-32-49)66(52-24-11-7-12-25-52)53-26-13-8-14-27-53)50-33-38-55(39-34-50)67(56-35-30-46-19-15-16-22-48(46)43-56)57-40-41-59-61(44-57)64(4,5)60-29-17-28-58(62(59)60)47-20-9-6-10-21-47/h6-17,19-22,24-41,43-44,51H,18,23,42,45H2,1-5H3. The lowest BCUT2D eigenvalue weighted by atomic mass is 9.58. The number of fused-ring (bicyclic) bond motifs is 4. The fraction of sp³-hybridized carbons (Fsp3) is 0.200. The molecule has 9 aromatic rings. The largest absolute Gasteiger partial charge is 0.311 e. The maximum absolute atomic E-state index is 2.48. The zero-order chi connectivity index (χ0) is 45.8. The van der Waals surface area contributed by atoms with Gasteiger partial charge in [0, 0.05) is 45.0 Å². The summed E-state index contributed by atoms with van der Waals surface area (Å²) in [7, 11) is 0. The van der Waals surface area contributed by atoms with Crippen LogP contribution in [0.3, 0.4) is 0 Å². The van der Waals surface area contributed by atoms with E-state index in [2.05, 4.69) is 263 Å². The molecule has 0 N–H and O–H groups in total. The third kappa shape index (κ3) is 7.63. The van der Waals surface area contributed by atoms with E-state index in [0.717, 1.165) is 41.3 Å². The van der Waals surface area contributed by atoms with Gasteiger partial charge in [0.2, 0.25) is 0 Å². The second kappa shape index (κ2) is 16.9. The molecule has 2 nitrogen and oxygen atoms in total. The predicted molar refractivity (Wildman–Crippen MR) is 285 cm³/mol. The number of anilines is 6. The van der Waals surface area contributed by atoms with Crippen molar-refractivity contribution in [1.82, 2.24) is 0 Å². The van der Waals surface area contributed by atoms with Gasteiger partial charge in [-0.3, -0.25) is 0 Å². The highest BCUT2D eigenvalue weighted by Gasteiger charge is 2.43. The van der Waals surface area contributed by atoms with Gasteiger partial charge >= 0.3 is 0 Å². The highest BCUT2D eigenvalue weighted by atomic mass is 15.1. The van der Waals surface area contributed by atoms with Gasteiger partial charge in [0.05, 0.1) is 0 Å². The Kier molecular flexibility index (Phi) is 10.7. The minimum Gasteiger partial charge on any atom is -0.311 e. The van der Waals surface area contributed by atoms with Crippen LogP contribution in [0.25, 0.3) is 33.0 Å². The third-order valence-electron chi connectivity index (χ3n) is 15.4. The van der Waals surface area contributed by atoms with Crippen molar-refractivity contribution in [3.8, 4) is 22.3 Å². The molecule has 0 radical (unpaired) electrons. The molecule has 67 heavy (non-hydrogen) atoms. The molecule has 0 aliphatic heterocycles. The summed E-state index contributed by atoms with van der Waals surface area (Å²) >= 11 is 0. The van der Waals surface area contributed by atoms with Gasteiger partial charge in [0.1, 0.15) is 0 Å². The zero-order valence-electron chi connectivity index (χ0n) is 39.6. The van der Waals surface area contributed by atoms with Crippen molar-refractivity contribution in [2.24, 2.45) is 11.3 Å². The molecule has 1 saturated carbocycles. The molecule has 2 aliphatic rings. The van der Waals surface area contributed by atoms with Crippen molar-refractivity contribution in [2.45, 2.75) is 71.1 Å². The predicted octanol–water partition coefficient (Wildman–Crippen LogP) is 18.3. The average molecular weight is 869 g/mol. The second-order valence-electron chi connectivity index (χ2n) is 20.7. The molecule has 330 valence electrons. The molecule has 11 rings (SSSR count). The van der Waals surface area contributed by atoms with E-state index in [9.17, 15) is 0 Å². The number of benzene rings is 9. The van der Waals surface area contributed by atoms with Gasteiger partial charge in [0.15, 0.2) is 0 Å². The normalized spacial score (nSPS) is 17.4. The maximum Gasteiger partial charge on any atom is 0.0468 e. The first-order valence-electron chi connectivity index (χ1n) is 24.3. The summed E-state index contributed by atoms with van der Waals surface area (Å²) in [5, 5.41) is 2.48. The molecular formula is C65H60N2. The Hall–Kier alpha value is -7.16. The Balaban J connectivity index is 1.02. The van der Waals surface area contributed by atoms with Crippen LogP contribution in [0.1, 0.15) is 82.6 Å². The van der Waals surface area contributed by atoms with Gasteiger partial charge in [-0.05, 0) is 159 Å². The lowest BCUT2D eigenvalue weighted by Crippen LogP contribution is -2.38. The van der Waals surface area contributed by atoms with Crippen LogP contribution in [0.2, 0.25) is 0 Å². The first-order valence-corrected chi connectivity index (χ1v) is 24.3. The minimum absolute atomic E-state index is 0.120. The van der Waals surface area contributed by atoms with Gasteiger partial charge in [0.25, 0.3) is 0 Å². The first-order chi connectivity index (χ1) is 32.6. The second-order valence-corrected chi connectivity index (χ2v) is 20.7. The number of rotatable bonds is 9. The van der Waals surface area contributed by atoms with Crippen molar-refractivity contribution >= 4 is 44.9 Å². The molecule has 9 aromatic carbocycles. The molecule has 2 unspecified atom stereocenters. The zero-order valence-corrected chi connectivity index (χ0v) is 39.6. The fourth-order valence-electron chi connectivity index (χ4n) is 11.7. The fourth-order valence-corrected chi connectivity index (χ4v) is 11.7. The van der Waals surface area contributed by atoms with Crippen molar-refractivity contribution in [3.05, 3.63) is 241 Å². The quantitative estimate of drug-likeness (QED) is 0.143. The van der Waals surface area contributed by atoms with Gasteiger partial charge in [-0.2, -0.15) is 0 Å². The average Bonchev–Trinajstić information content (AvgIpc) is 3.60. The summed E-state index contributed by atoms with van der Waals surface area (Å²) < 4.78 is 0. The van der Waals surface area contributed by atoms with Crippen LogP contribution >= 0.6 is 0 Å². The highest BCUT2D eigenvalue weighted by Crippen LogP contribution is 2.55. The molecule has 0 bridgehead atoms. The smallest absolute Gasteiger partial charge is 0.0468 e. The van der Waals surface area contributed by atoms with E-state index in [1.165, 1.54) is 73.8 Å². The van der Waals surface area contributed by atoms with Gasteiger partial charge in [-0.1, -0.05) is 187 Å². The van der Waals surface area contributed by atoms with Crippen molar-refractivity contribution in [1.29, 1.82) is 0 Å². The van der Waals surface area contributed by atoms with E-state index in [0.29, 0.717) is 5.92 Å². The molecule has 2 atom stereocenters. The van der Waals surface area contributed by atoms with Crippen LogP contribution in [0.15, 0.2) is 218 Å². The van der Waals surface area contributed by atoms with Crippen molar-refractivity contribution in [2.75, 3.05) is 9.80 Å². The topological polar surface area (TPSA) is 6.48 Å². The number of para-hydroxylation sites is 2. The molecule has 2 heteroatoms. The van der Waals surface area contributed by atoms with Crippen molar-refractivity contribution < 1.29 is 0 Å². The number of hydrogen-bond acceptors (Lipinski definition) is 2. The molecule has 0 saturated heterocycles. The lowest BCUT2D eigenvalue weighted by Gasteiger charge is -2.46. The summed E-state index contributed by atoms with van der Waals surface area (Å²) in [5.41, 5.74) is 17.7. The molecular weight excluding hydrogens is 809 g/mol. The Bertz CT molecular complexity index is 3140. The molecule has 0 heterocycles. The van der Waals surface area contributed by atoms with E-state index < -0.39 is 0 Å². The Morgan fingerprint density at radius 2 is 0.940 bits per heavy atom. The summed E-state index contributed by atoms with van der Waals surface area (Å²) in [6, 6.07) is 81.3. The summed E-state index contributed by atoms with van der Waals surface area (Å²) in [6.07, 6.45) is 4.71. The van der Waals surface area contributed by atoms with E-state index in [1.54, 1.807) is 0 Å².